The second-order valence-electron chi connectivity index (χ2n) is 8.14. The molecule has 4 rings (SSSR count). The van der Waals surface area contributed by atoms with Gasteiger partial charge in [0.2, 0.25) is 27.6 Å². The van der Waals surface area contributed by atoms with Gasteiger partial charge < -0.3 is 9.84 Å². The first-order chi connectivity index (χ1) is 15.8. The third-order valence-electron chi connectivity index (χ3n) is 5.87. The quantitative estimate of drug-likeness (QED) is 0.532. The minimum absolute atomic E-state index is 0.152. The average Bonchev–Trinajstić information content (AvgIpc) is 3.46. The van der Waals surface area contributed by atoms with Gasteiger partial charge in [-0.2, -0.15) is 9.29 Å². The molecule has 1 N–H and O–H groups in total. The summed E-state index contributed by atoms with van der Waals surface area (Å²) in [5.74, 6) is 0.351. The van der Waals surface area contributed by atoms with Crippen LogP contribution in [-0.2, 0) is 27.7 Å². The molecule has 0 radical (unpaired) electrons. The highest BCUT2D eigenvalue weighted by Gasteiger charge is 2.35. The number of sulfonamides is 1. The molecule has 1 atom stereocenters. The molecule has 3 aromatic rings. The number of carbonyl (C=O) groups is 1. The number of rotatable bonds is 7. The van der Waals surface area contributed by atoms with Crippen LogP contribution in [0.5, 0.6) is 0 Å². The predicted molar refractivity (Wildman–Crippen MR) is 128 cm³/mol. The lowest BCUT2D eigenvalue weighted by Crippen LogP contribution is -2.43. The molecule has 1 aromatic carbocycles. The van der Waals surface area contributed by atoms with Crippen molar-refractivity contribution in [3.05, 3.63) is 46.7 Å². The molecule has 176 valence electrons. The Hall–Kier alpha value is -2.56. The minimum Gasteiger partial charge on any atom is -0.339 e. The summed E-state index contributed by atoms with van der Waals surface area (Å²) in [7, 11) is -3.75. The van der Waals surface area contributed by atoms with Crippen molar-refractivity contribution in [3.8, 4) is 10.7 Å². The van der Waals surface area contributed by atoms with Gasteiger partial charge in [0.1, 0.15) is 0 Å². The number of aromatic nitrogens is 2. The van der Waals surface area contributed by atoms with Crippen molar-refractivity contribution in [1.82, 2.24) is 14.4 Å². The topological polar surface area (TPSA) is 105 Å². The third-order valence-corrected chi connectivity index (χ3v) is 9.03. The van der Waals surface area contributed by atoms with Gasteiger partial charge >= 0.3 is 0 Å². The van der Waals surface area contributed by atoms with Crippen molar-refractivity contribution in [2.75, 3.05) is 18.4 Å². The summed E-state index contributed by atoms with van der Waals surface area (Å²) in [6.07, 6.45) is 2.83. The van der Waals surface area contributed by atoms with Crippen molar-refractivity contribution < 1.29 is 17.7 Å². The number of nitrogens with zero attached hydrogens (tertiary/aromatic N) is 3. The number of nitrogens with one attached hydrogen (secondary N) is 1. The van der Waals surface area contributed by atoms with E-state index in [0.29, 0.717) is 47.3 Å². The summed E-state index contributed by atoms with van der Waals surface area (Å²) < 4.78 is 33.5. The monoisotopic (exact) mass is 488 g/mol. The van der Waals surface area contributed by atoms with E-state index < -0.39 is 15.9 Å². The molecule has 1 aliphatic rings. The number of benzene rings is 1. The molecule has 3 heterocycles. The fraction of sp³-hybridized carbons (Fsp3) is 0.435. The lowest BCUT2D eigenvalue weighted by Gasteiger charge is -2.31. The maximum Gasteiger partial charge on any atom is 0.244 e. The van der Waals surface area contributed by atoms with Crippen LogP contribution in [0.2, 0.25) is 0 Å². The van der Waals surface area contributed by atoms with Gasteiger partial charge in [-0.3, -0.25) is 4.79 Å². The fourth-order valence-corrected chi connectivity index (χ4v) is 6.92. The van der Waals surface area contributed by atoms with Crippen LogP contribution >= 0.6 is 11.3 Å². The summed E-state index contributed by atoms with van der Waals surface area (Å²) in [5.41, 5.74) is 1.92. The number of aryl methyl sites for hydroxylation is 3. The molecule has 1 fully saturated rings. The first kappa shape index (κ1) is 23.6. The molecule has 33 heavy (non-hydrogen) atoms. The van der Waals surface area contributed by atoms with Gasteiger partial charge in [-0.1, -0.05) is 31.1 Å². The fourth-order valence-electron chi connectivity index (χ4n) is 3.91. The van der Waals surface area contributed by atoms with Crippen LogP contribution in [0.3, 0.4) is 0 Å². The standard InChI is InChI=1S/C23H28N4O4S2/c1-4-16-8-10-18(11-9-16)24-23(28)17-7-6-12-27(14-17)33(29,30)20-13-19(32-15(20)3)22-25-21(5-2)31-26-22/h8-11,13,17H,4-7,12,14H2,1-3H3,(H,24,28)/t17-/m1/s1. The Kier molecular flexibility index (Phi) is 6.96. The summed E-state index contributed by atoms with van der Waals surface area (Å²) >= 11 is 1.32. The minimum atomic E-state index is -3.75. The van der Waals surface area contributed by atoms with Crippen molar-refractivity contribution in [2.45, 2.75) is 51.3 Å². The number of carbonyl (C=O) groups excluding carboxylic acids is 1. The Labute approximate surface area is 198 Å². The highest BCUT2D eigenvalue weighted by atomic mass is 32.2. The number of piperidine rings is 1. The van der Waals surface area contributed by atoms with Crippen molar-refractivity contribution in [1.29, 1.82) is 0 Å². The van der Waals surface area contributed by atoms with E-state index >= 15 is 0 Å². The van der Waals surface area contributed by atoms with Crippen LogP contribution in [0, 0.1) is 12.8 Å². The molecule has 1 saturated heterocycles. The van der Waals surface area contributed by atoms with Gasteiger partial charge in [-0.05, 0) is 49.9 Å². The Balaban J connectivity index is 1.49. The van der Waals surface area contributed by atoms with Gasteiger partial charge in [0.25, 0.3) is 0 Å². The van der Waals surface area contributed by atoms with Crippen LogP contribution in [0.4, 0.5) is 5.69 Å². The molecule has 1 amide bonds. The van der Waals surface area contributed by atoms with Gasteiger partial charge in [-0.15, -0.1) is 11.3 Å². The largest absolute Gasteiger partial charge is 0.339 e. The van der Waals surface area contributed by atoms with E-state index in [2.05, 4.69) is 22.4 Å². The molecule has 0 aliphatic carbocycles. The van der Waals surface area contributed by atoms with E-state index in [-0.39, 0.29) is 17.3 Å². The van der Waals surface area contributed by atoms with Crippen molar-refractivity contribution in [2.24, 2.45) is 5.92 Å². The zero-order chi connectivity index (χ0) is 23.6. The summed E-state index contributed by atoms with van der Waals surface area (Å²) in [6.45, 7) is 6.32. The van der Waals surface area contributed by atoms with Crippen LogP contribution in [0.15, 0.2) is 39.8 Å². The molecule has 1 aliphatic heterocycles. The molecule has 0 unspecified atom stereocenters. The van der Waals surface area contributed by atoms with Crippen molar-refractivity contribution in [3.63, 3.8) is 0 Å². The number of hydrogen-bond donors (Lipinski definition) is 1. The van der Waals surface area contributed by atoms with E-state index in [9.17, 15) is 13.2 Å². The van der Waals surface area contributed by atoms with Crippen molar-refractivity contribution >= 4 is 33.0 Å². The Morgan fingerprint density at radius 2 is 2.00 bits per heavy atom. The van der Waals surface area contributed by atoms with E-state index in [1.165, 1.54) is 21.2 Å². The smallest absolute Gasteiger partial charge is 0.244 e. The van der Waals surface area contributed by atoms with Crippen LogP contribution in [-0.4, -0.2) is 41.9 Å². The second-order valence-corrected chi connectivity index (χ2v) is 11.3. The predicted octanol–water partition coefficient (Wildman–Crippen LogP) is 4.27. The number of anilines is 1. The lowest BCUT2D eigenvalue weighted by atomic mass is 9.98. The van der Waals surface area contributed by atoms with Gasteiger partial charge in [-0.25, -0.2) is 8.42 Å². The molecule has 10 heteroatoms. The van der Waals surface area contributed by atoms with E-state index in [1.807, 2.05) is 31.2 Å². The first-order valence-corrected chi connectivity index (χ1v) is 13.4. The SMILES string of the molecule is CCc1ccc(NC(=O)[C@@H]2CCCN(S(=O)(=O)c3cc(-c4noc(CC)n4)sc3C)C2)cc1. The average molecular weight is 489 g/mol. The number of amides is 1. The van der Waals surface area contributed by atoms with Gasteiger partial charge in [0.05, 0.1) is 15.7 Å². The number of hydrogen-bond acceptors (Lipinski definition) is 7. The maximum atomic E-state index is 13.4. The highest BCUT2D eigenvalue weighted by Crippen LogP contribution is 2.35. The molecule has 0 bridgehead atoms. The molecule has 0 saturated carbocycles. The van der Waals surface area contributed by atoms with Crippen LogP contribution in [0.25, 0.3) is 10.7 Å². The van der Waals surface area contributed by atoms with Gasteiger partial charge in [0, 0.05) is 30.1 Å². The molecular weight excluding hydrogens is 460 g/mol. The first-order valence-electron chi connectivity index (χ1n) is 11.1. The van der Waals surface area contributed by atoms with Crippen LogP contribution < -0.4 is 5.32 Å². The third kappa shape index (κ3) is 5.02. The summed E-state index contributed by atoms with van der Waals surface area (Å²) in [5, 5.41) is 6.89. The second kappa shape index (κ2) is 9.74. The molecule has 8 nitrogen and oxygen atoms in total. The van der Waals surface area contributed by atoms with E-state index in [0.717, 1.165) is 12.1 Å². The number of thiophene rings is 1. The Morgan fingerprint density at radius 3 is 2.67 bits per heavy atom. The highest BCUT2D eigenvalue weighted by molar-refractivity contribution is 7.89. The summed E-state index contributed by atoms with van der Waals surface area (Å²) in [4.78, 5) is 18.7. The zero-order valence-corrected chi connectivity index (χ0v) is 20.6. The normalized spacial score (nSPS) is 17.2. The van der Waals surface area contributed by atoms with E-state index in [1.54, 1.807) is 13.0 Å². The summed E-state index contributed by atoms with van der Waals surface area (Å²) in [6, 6.07) is 9.34. The lowest BCUT2D eigenvalue weighted by molar-refractivity contribution is -0.120. The molecule has 2 aromatic heterocycles. The zero-order valence-electron chi connectivity index (χ0n) is 19.0. The molecule has 0 spiro atoms. The molecular formula is C23H28N4O4S2. The Bertz CT molecular complexity index is 1230. The van der Waals surface area contributed by atoms with Crippen LogP contribution in [0.1, 0.15) is 43.0 Å². The van der Waals surface area contributed by atoms with Gasteiger partial charge in [0.15, 0.2) is 0 Å². The maximum absolute atomic E-state index is 13.4. The Morgan fingerprint density at radius 1 is 1.24 bits per heavy atom. The van der Waals surface area contributed by atoms with E-state index in [4.69, 9.17) is 4.52 Å².